The van der Waals surface area contributed by atoms with Gasteiger partial charge in [-0.15, -0.1) is 0 Å². The second-order valence-electron chi connectivity index (χ2n) is 5.71. The van der Waals surface area contributed by atoms with Crippen molar-refractivity contribution in [2.75, 3.05) is 21.3 Å². The molecular weight excluding hydrogens is 346 g/mol. The van der Waals surface area contributed by atoms with Gasteiger partial charge in [-0.1, -0.05) is 12.8 Å². The lowest BCUT2D eigenvalue weighted by Gasteiger charge is -2.17. The Balaban J connectivity index is 2.45. The lowest BCUT2D eigenvalue weighted by Crippen LogP contribution is -2.33. The molecule has 25 heavy (non-hydrogen) atoms. The molecule has 138 valence electrons. The number of hydrogen-bond acceptors (Lipinski definition) is 6. The van der Waals surface area contributed by atoms with E-state index in [0.717, 1.165) is 25.7 Å². The van der Waals surface area contributed by atoms with E-state index in [2.05, 4.69) is 9.46 Å². The molecular formula is C17H23NO6S. The Morgan fingerprint density at radius 1 is 1.16 bits per heavy atom. The van der Waals surface area contributed by atoms with Gasteiger partial charge in [-0.2, -0.15) is 0 Å². The highest BCUT2D eigenvalue weighted by molar-refractivity contribution is 7.89. The molecule has 1 aromatic carbocycles. The minimum Gasteiger partial charge on any atom is -0.493 e. The zero-order chi connectivity index (χ0) is 18.4. The summed E-state index contributed by atoms with van der Waals surface area (Å²) in [6.45, 7) is 0. The lowest BCUT2D eigenvalue weighted by molar-refractivity contribution is -0.134. The number of carbonyl (C=O) groups excluding carboxylic acids is 1. The highest BCUT2D eigenvalue weighted by Gasteiger charge is 2.27. The van der Waals surface area contributed by atoms with Crippen LogP contribution in [-0.4, -0.2) is 41.8 Å². The molecule has 1 aromatic rings. The summed E-state index contributed by atoms with van der Waals surface area (Å²) in [5.41, 5.74) is 0.481. The molecule has 0 amide bonds. The van der Waals surface area contributed by atoms with E-state index in [0.29, 0.717) is 5.56 Å². The van der Waals surface area contributed by atoms with Crippen LogP contribution in [0.3, 0.4) is 0 Å². The number of nitrogens with one attached hydrogen (secondary N) is 1. The van der Waals surface area contributed by atoms with E-state index >= 15 is 0 Å². The summed E-state index contributed by atoms with van der Waals surface area (Å²) in [5.74, 6) is -0.146. The van der Waals surface area contributed by atoms with Crippen molar-refractivity contribution < 1.29 is 27.4 Å². The molecule has 1 fully saturated rings. The fraction of sp³-hybridized carbons (Fsp3) is 0.471. The zero-order valence-electron chi connectivity index (χ0n) is 14.6. The first-order chi connectivity index (χ1) is 11.9. The molecule has 1 aliphatic rings. The average molecular weight is 369 g/mol. The number of carbonyl (C=O) groups is 1. The summed E-state index contributed by atoms with van der Waals surface area (Å²) < 4.78 is 43.4. The van der Waals surface area contributed by atoms with Crippen LogP contribution in [0.15, 0.2) is 23.1 Å². The van der Waals surface area contributed by atoms with E-state index < -0.39 is 16.0 Å². The summed E-state index contributed by atoms with van der Waals surface area (Å²) in [6.07, 6.45) is 6.33. The molecule has 0 aliphatic heterocycles. The second-order valence-corrected chi connectivity index (χ2v) is 7.40. The maximum atomic E-state index is 12.8. The van der Waals surface area contributed by atoms with Crippen LogP contribution < -0.4 is 14.2 Å². The van der Waals surface area contributed by atoms with Crippen LogP contribution in [0.4, 0.5) is 0 Å². The fourth-order valence-electron chi connectivity index (χ4n) is 2.80. The molecule has 0 spiro atoms. The average Bonchev–Trinajstić information content (AvgIpc) is 3.10. The minimum absolute atomic E-state index is 0.0224. The van der Waals surface area contributed by atoms with Gasteiger partial charge < -0.3 is 14.2 Å². The standard InChI is InChI=1S/C17H23NO6S/c1-22-14-10-12(8-9-16(19)23-2)11-15(17(14)24-3)25(20,21)18-13-6-4-5-7-13/h8-11,13,18H,4-7H2,1-3H3/b9-8+. The molecule has 0 atom stereocenters. The van der Waals surface area contributed by atoms with Gasteiger partial charge in [-0.25, -0.2) is 17.9 Å². The Kier molecular flexibility index (Phi) is 6.44. The smallest absolute Gasteiger partial charge is 0.330 e. The maximum absolute atomic E-state index is 12.8. The fourth-order valence-corrected chi connectivity index (χ4v) is 4.33. The van der Waals surface area contributed by atoms with Gasteiger partial charge in [0.15, 0.2) is 11.5 Å². The molecule has 1 saturated carbocycles. The van der Waals surface area contributed by atoms with Crippen molar-refractivity contribution in [1.29, 1.82) is 0 Å². The van der Waals surface area contributed by atoms with Gasteiger partial charge >= 0.3 is 5.97 Å². The van der Waals surface area contributed by atoms with Crippen LogP contribution in [0.25, 0.3) is 6.08 Å². The van der Waals surface area contributed by atoms with Gasteiger partial charge in [0, 0.05) is 12.1 Å². The van der Waals surface area contributed by atoms with Crippen molar-refractivity contribution in [3.8, 4) is 11.5 Å². The third-order valence-corrected chi connectivity index (χ3v) is 5.57. The molecule has 0 saturated heterocycles. The summed E-state index contributed by atoms with van der Waals surface area (Å²) in [7, 11) is 0.284. The monoisotopic (exact) mass is 369 g/mol. The van der Waals surface area contributed by atoms with Gasteiger partial charge in [0.1, 0.15) is 4.90 Å². The Hall–Kier alpha value is -2.06. The van der Waals surface area contributed by atoms with E-state index in [9.17, 15) is 13.2 Å². The number of ether oxygens (including phenoxy) is 3. The van der Waals surface area contributed by atoms with Crippen LogP contribution >= 0.6 is 0 Å². The molecule has 7 nitrogen and oxygen atoms in total. The lowest BCUT2D eigenvalue weighted by atomic mass is 10.2. The predicted octanol–water partition coefficient (Wildman–Crippen LogP) is 2.11. The highest BCUT2D eigenvalue weighted by atomic mass is 32.2. The van der Waals surface area contributed by atoms with E-state index in [1.807, 2.05) is 0 Å². The topological polar surface area (TPSA) is 90.9 Å². The Labute approximate surface area is 148 Å². The molecule has 1 N–H and O–H groups in total. The summed E-state index contributed by atoms with van der Waals surface area (Å²) in [6, 6.07) is 2.96. The van der Waals surface area contributed by atoms with Crippen molar-refractivity contribution in [3.05, 3.63) is 23.8 Å². The Morgan fingerprint density at radius 3 is 2.40 bits per heavy atom. The summed E-state index contributed by atoms with van der Waals surface area (Å²) in [4.78, 5) is 11.3. The second kappa shape index (κ2) is 8.35. The van der Waals surface area contributed by atoms with Crippen molar-refractivity contribution in [3.63, 3.8) is 0 Å². The van der Waals surface area contributed by atoms with Gasteiger partial charge in [-0.05, 0) is 36.6 Å². The van der Waals surface area contributed by atoms with E-state index in [1.54, 1.807) is 6.07 Å². The minimum atomic E-state index is -3.79. The molecule has 0 unspecified atom stereocenters. The van der Waals surface area contributed by atoms with Crippen LogP contribution in [-0.2, 0) is 19.6 Å². The summed E-state index contributed by atoms with van der Waals surface area (Å²) in [5, 5.41) is 0. The maximum Gasteiger partial charge on any atom is 0.330 e. The largest absolute Gasteiger partial charge is 0.493 e. The van der Waals surface area contributed by atoms with Crippen molar-refractivity contribution in [2.24, 2.45) is 0 Å². The number of rotatable bonds is 7. The van der Waals surface area contributed by atoms with E-state index in [4.69, 9.17) is 9.47 Å². The first-order valence-corrected chi connectivity index (χ1v) is 9.44. The first-order valence-electron chi connectivity index (χ1n) is 7.95. The highest BCUT2D eigenvalue weighted by Crippen LogP contribution is 2.36. The van der Waals surface area contributed by atoms with Crippen LogP contribution in [0.1, 0.15) is 31.2 Å². The molecule has 8 heteroatoms. The third-order valence-electron chi connectivity index (χ3n) is 4.05. The number of esters is 1. The van der Waals surface area contributed by atoms with Crippen molar-refractivity contribution in [1.82, 2.24) is 4.72 Å². The van der Waals surface area contributed by atoms with Gasteiger partial charge in [0.25, 0.3) is 0 Å². The molecule has 1 aliphatic carbocycles. The van der Waals surface area contributed by atoms with Crippen molar-refractivity contribution >= 4 is 22.1 Å². The zero-order valence-corrected chi connectivity index (χ0v) is 15.4. The van der Waals surface area contributed by atoms with E-state index in [1.165, 1.54) is 39.5 Å². The first kappa shape index (κ1) is 19.3. The normalized spacial score (nSPS) is 15.5. The predicted molar refractivity (Wildman–Crippen MR) is 93.2 cm³/mol. The van der Waals surface area contributed by atoms with Gasteiger partial charge in [0.2, 0.25) is 10.0 Å². The number of benzene rings is 1. The molecule has 2 rings (SSSR count). The third kappa shape index (κ3) is 4.73. The molecule has 0 aromatic heterocycles. The van der Waals surface area contributed by atoms with E-state index in [-0.39, 0.29) is 22.4 Å². The van der Waals surface area contributed by atoms with Crippen molar-refractivity contribution in [2.45, 2.75) is 36.6 Å². The molecule has 0 heterocycles. The molecule has 0 radical (unpaired) electrons. The van der Waals surface area contributed by atoms with Gasteiger partial charge in [0.05, 0.1) is 21.3 Å². The number of hydrogen-bond donors (Lipinski definition) is 1. The molecule has 0 bridgehead atoms. The Morgan fingerprint density at radius 2 is 1.84 bits per heavy atom. The van der Waals surface area contributed by atoms with Gasteiger partial charge in [-0.3, -0.25) is 0 Å². The van der Waals surface area contributed by atoms with Crippen LogP contribution in [0.2, 0.25) is 0 Å². The summed E-state index contributed by atoms with van der Waals surface area (Å²) >= 11 is 0. The van der Waals surface area contributed by atoms with Crippen LogP contribution in [0, 0.1) is 0 Å². The quantitative estimate of drug-likeness (QED) is 0.585. The SMILES string of the molecule is COC(=O)/C=C/c1cc(OC)c(OC)c(S(=O)(=O)NC2CCCC2)c1. The number of sulfonamides is 1. The van der Waals surface area contributed by atoms with Crippen LogP contribution in [0.5, 0.6) is 11.5 Å². The Bertz CT molecular complexity index is 751. The number of methoxy groups -OCH3 is 3.